The van der Waals surface area contributed by atoms with Crippen molar-refractivity contribution in [1.82, 2.24) is 4.57 Å². The van der Waals surface area contributed by atoms with Gasteiger partial charge in [-0.2, -0.15) is 0 Å². The molecule has 0 saturated heterocycles. The molecule has 0 fully saturated rings. The summed E-state index contributed by atoms with van der Waals surface area (Å²) in [4.78, 5) is 4.82. The molecular formula is C10H11N3O2S. The smallest absolute Gasteiger partial charge is 0.283 e. The van der Waals surface area contributed by atoms with Gasteiger partial charge in [0.2, 0.25) is 5.88 Å². The van der Waals surface area contributed by atoms with E-state index in [4.69, 9.17) is 10.6 Å². The van der Waals surface area contributed by atoms with Gasteiger partial charge < -0.3 is 20.2 Å². The molecule has 2 aromatic rings. The first-order chi connectivity index (χ1) is 7.61. The Hall–Kier alpha value is -1.95. The van der Waals surface area contributed by atoms with Crippen LogP contribution in [0, 0.1) is 0 Å². The Labute approximate surface area is 97.4 Å². The number of benzene rings is 1. The molecule has 84 valence electrons. The lowest BCUT2D eigenvalue weighted by molar-refractivity contribution is 0.385. The first-order valence-electron chi connectivity index (χ1n) is 4.60. The summed E-state index contributed by atoms with van der Waals surface area (Å²) in [7, 11) is 1.75. The van der Waals surface area contributed by atoms with E-state index >= 15 is 0 Å². The van der Waals surface area contributed by atoms with E-state index in [0.717, 1.165) is 10.9 Å². The standard InChI is InChI=1S/C10H11N3O2S/c1-13-7-5-3-2-4-6(7)8(9(13)14)12-15-10(11)16/h2-5,12,14H,1H3,(H2,11,16). The van der Waals surface area contributed by atoms with Crippen LogP contribution < -0.4 is 11.2 Å². The molecule has 0 aliphatic heterocycles. The fourth-order valence-corrected chi connectivity index (χ4v) is 1.62. The van der Waals surface area contributed by atoms with Gasteiger partial charge in [0.25, 0.3) is 5.17 Å². The highest BCUT2D eigenvalue weighted by Crippen LogP contribution is 2.34. The molecule has 0 unspecified atom stereocenters. The molecule has 1 aromatic carbocycles. The predicted molar refractivity (Wildman–Crippen MR) is 66.1 cm³/mol. The molecule has 2 rings (SSSR count). The second-order valence-corrected chi connectivity index (χ2v) is 3.70. The van der Waals surface area contributed by atoms with Gasteiger partial charge in [0.1, 0.15) is 5.69 Å². The molecule has 5 nitrogen and oxygen atoms in total. The van der Waals surface area contributed by atoms with Crippen molar-refractivity contribution in [3.05, 3.63) is 24.3 Å². The molecule has 0 radical (unpaired) electrons. The molecule has 0 aliphatic carbocycles. The Morgan fingerprint density at radius 3 is 2.88 bits per heavy atom. The van der Waals surface area contributed by atoms with Crippen LogP contribution in [0.2, 0.25) is 0 Å². The minimum atomic E-state index is -0.132. The number of nitrogens with zero attached hydrogens (tertiary/aromatic N) is 1. The van der Waals surface area contributed by atoms with Crippen molar-refractivity contribution >= 4 is 34.0 Å². The van der Waals surface area contributed by atoms with Crippen LogP contribution in [0.3, 0.4) is 0 Å². The summed E-state index contributed by atoms with van der Waals surface area (Å²) in [5.74, 6) is 0.0671. The minimum absolute atomic E-state index is 0.0671. The average Bonchev–Trinajstić information content (AvgIpc) is 2.50. The van der Waals surface area contributed by atoms with Crippen LogP contribution in [-0.4, -0.2) is 14.8 Å². The fourth-order valence-electron chi connectivity index (χ4n) is 1.58. The van der Waals surface area contributed by atoms with E-state index in [1.165, 1.54) is 0 Å². The van der Waals surface area contributed by atoms with Gasteiger partial charge in [0, 0.05) is 12.4 Å². The largest absolute Gasteiger partial charge is 0.493 e. The summed E-state index contributed by atoms with van der Waals surface area (Å²) >= 11 is 4.57. The van der Waals surface area contributed by atoms with Crippen LogP contribution in [-0.2, 0) is 11.9 Å². The van der Waals surface area contributed by atoms with Crippen LogP contribution in [0.25, 0.3) is 10.9 Å². The minimum Gasteiger partial charge on any atom is -0.493 e. The summed E-state index contributed by atoms with van der Waals surface area (Å²) in [6, 6.07) is 7.51. The maximum atomic E-state index is 9.87. The number of rotatable bonds is 2. The molecule has 1 heterocycles. The SMILES string of the molecule is Cn1c(O)c(NOC(N)=S)c2ccccc21. The van der Waals surface area contributed by atoms with Gasteiger partial charge in [0.05, 0.1) is 5.52 Å². The Morgan fingerprint density at radius 1 is 1.50 bits per heavy atom. The lowest BCUT2D eigenvalue weighted by Crippen LogP contribution is -2.16. The van der Waals surface area contributed by atoms with Crippen molar-refractivity contribution in [2.75, 3.05) is 5.48 Å². The number of aromatic nitrogens is 1. The van der Waals surface area contributed by atoms with Gasteiger partial charge in [-0.3, -0.25) is 0 Å². The van der Waals surface area contributed by atoms with Gasteiger partial charge in [-0.25, -0.2) is 5.48 Å². The van der Waals surface area contributed by atoms with Gasteiger partial charge in [-0.05, 0) is 18.3 Å². The van der Waals surface area contributed by atoms with Crippen molar-refractivity contribution in [3.8, 4) is 5.88 Å². The van der Waals surface area contributed by atoms with Crippen molar-refractivity contribution < 1.29 is 9.94 Å². The van der Waals surface area contributed by atoms with Crippen molar-refractivity contribution in [3.63, 3.8) is 0 Å². The number of nitrogens with one attached hydrogen (secondary N) is 1. The van der Waals surface area contributed by atoms with E-state index in [2.05, 4.69) is 17.7 Å². The Bertz CT molecular complexity index is 550. The summed E-state index contributed by atoms with van der Waals surface area (Å²) < 4.78 is 1.64. The second kappa shape index (κ2) is 3.90. The van der Waals surface area contributed by atoms with Crippen LogP contribution in [0.5, 0.6) is 5.88 Å². The zero-order valence-corrected chi connectivity index (χ0v) is 9.41. The molecule has 0 bridgehead atoms. The number of hydrogen-bond acceptors (Lipinski definition) is 4. The Balaban J connectivity index is 2.51. The van der Waals surface area contributed by atoms with E-state index in [1.54, 1.807) is 11.6 Å². The van der Waals surface area contributed by atoms with Crippen LogP contribution in [0.1, 0.15) is 0 Å². The summed E-state index contributed by atoms with van der Waals surface area (Å²) in [6.07, 6.45) is 0. The van der Waals surface area contributed by atoms with Crippen LogP contribution >= 0.6 is 12.2 Å². The fraction of sp³-hybridized carbons (Fsp3) is 0.100. The monoisotopic (exact) mass is 237 g/mol. The zero-order chi connectivity index (χ0) is 11.7. The molecule has 16 heavy (non-hydrogen) atoms. The number of hydrogen-bond donors (Lipinski definition) is 3. The third kappa shape index (κ3) is 1.63. The molecule has 1 aromatic heterocycles. The third-order valence-corrected chi connectivity index (χ3v) is 2.41. The number of nitrogens with two attached hydrogens (primary N) is 1. The molecular weight excluding hydrogens is 226 g/mol. The zero-order valence-electron chi connectivity index (χ0n) is 8.60. The van der Waals surface area contributed by atoms with Crippen molar-refractivity contribution in [2.45, 2.75) is 0 Å². The Kier molecular flexibility index (Phi) is 2.57. The van der Waals surface area contributed by atoms with Crippen molar-refractivity contribution in [2.24, 2.45) is 12.8 Å². The van der Waals surface area contributed by atoms with E-state index < -0.39 is 0 Å². The van der Waals surface area contributed by atoms with E-state index in [0.29, 0.717) is 5.69 Å². The number of thiocarbonyl (C=S) groups is 1. The molecule has 4 N–H and O–H groups in total. The molecule has 0 spiro atoms. The molecule has 0 saturated carbocycles. The first kappa shape index (κ1) is 10.6. The second-order valence-electron chi connectivity index (χ2n) is 3.30. The Morgan fingerprint density at radius 2 is 2.19 bits per heavy atom. The van der Waals surface area contributed by atoms with Gasteiger partial charge in [-0.15, -0.1) is 0 Å². The maximum Gasteiger partial charge on any atom is 0.283 e. The number of aromatic hydroxyl groups is 1. The highest BCUT2D eigenvalue weighted by molar-refractivity contribution is 7.80. The predicted octanol–water partition coefficient (Wildman–Crippen LogP) is 1.47. The molecule has 6 heteroatoms. The number of anilines is 1. The maximum absolute atomic E-state index is 9.87. The van der Waals surface area contributed by atoms with E-state index in [-0.39, 0.29) is 11.1 Å². The quantitative estimate of drug-likeness (QED) is 0.545. The number of para-hydroxylation sites is 1. The summed E-state index contributed by atoms with van der Waals surface area (Å²) in [5.41, 5.74) is 9.07. The topological polar surface area (TPSA) is 72.4 Å². The number of aryl methyl sites for hydroxylation is 1. The van der Waals surface area contributed by atoms with Gasteiger partial charge in [-0.1, -0.05) is 18.2 Å². The molecule has 0 atom stereocenters. The normalized spacial score (nSPS) is 10.3. The summed E-state index contributed by atoms with van der Waals surface area (Å²) in [5, 5.41) is 10.6. The van der Waals surface area contributed by atoms with E-state index in [1.807, 2.05) is 24.3 Å². The van der Waals surface area contributed by atoms with Gasteiger partial charge >= 0.3 is 0 Å². The van der Waals surface area contributed by atoms with Crippen LogP contribution in [0.4, 0.5) is 5.69 Å². The third-order valence-electron chi connectivity index (χ3n) is 2.33. The molecule has 0 aliphatic rings. The average molecular weight is 237 g/mol. The van der Waals surface area contributed by atoms with Gasteiger partial charge in [0.15, 0.2) is 0 Å². The molecule has 0 amide bonds. The first-order valence-corrected chi connectivity index (χ1v) is 5.00. The highest BCUT2D eigenvalue weighted by Gasteiger charge is 2.14. The number of fused-ring (bicyclic) bond motifs is 1. The summed E-state index contributed by atoms with van der Waals surface area (Å²) in [6.45, 7) is 0. The van der Waals surface area contributed by atoms with Crippen LogP contribution in [0.15, 0.2) is 24.3 Å². The van der Waals surface area contributed by atoms with E-state index in [9.17, 15) is 5.11 Å². The van der Waals surface area contributed by atoms with Crippen molar-refractivity contribution in [1.29, 1.82) is 0 Å². The lowest BCUT2D eigenvalue weighted by Gasteiger charge is -2.04. The lowest BCUT2D eigenvalue weighted by atomic mass is 10.2. The highest BCUT2D eigenvalue weighted by atomic mass is 32.1.